The van der Waals surface area contributed by atoms with Gasteiger partial charge in [0, 0.05) is 30.8 Å². The molecule has 0 bridgehead atoms. The SMILES string of the molecule is CCOc1ccccc1CN1CCC2(CC1)CCN(C(=O)c1ccc(CC)cc1)CC2. The number of aryl methyl sites for hydroxylation is 1. The van der Waals surface area contributed by atoms with E-state index in [2.05, 4.69) is 47.1 Å². The molecule has 0 radical (unpaired) electrons. The number of para-hydroxylation sites is 1. The van der Waals surface area contributed by atoms with Gasteiger partial charge in [-0.25, -0.2) is 0 Å². The smallest absolute Gasteiger partial charge is 0.253 e. The van der Waals surface area contributed by atoms with Crippen molar-refractivity contribution < 1.29 is 9.53 Å². The van der Waals surface area contributed by atoms with E-state index in [4.69, 9.17) is 4.74 Å². The molecule has 2 aromatic carbocycles. The number of nitrogens with zero attached hydrogens (tertiary/aromatic N) is 2. The summed E-state index contributed by atoms with van der Waals surface area (Å²) in [6.07, 6.45) is 5.74. The third-order valence-electron chi connectivity index (χ3n) is 7.30. The summed E-state index contributed by atoms with van der Waals surface area (Å²) in [5, 5.41) is 0. The van der Waals surface area contributed by atoms with Crippen LogP contribution in [0.15, 0.2) is 48.5 Å². The Kier molecular flexibility index (Phi) is 6.96. The van der Waals surface area contributed by atoms with E-state index >= 15 is 0 Å². The average molecular weight is 421 g/mol. The van der Waals surface area contributed by atoms with E-state index in [1.54, 1.807) is 0 Å². The second-order valence-electron chi connectivity index (χ2n) is 9.16. The molecule has 2 saturated heterocycles. The summed E-state index contributed by atoms with van der Waals surface area (Å²) >= 11 is 0. The van der Waals surface area contributed by atoms with E-state index in [-0.39, 0.29) is 5.91 Å². The number of carbonyl (C=O) groups excluding carboxylic acids is 1. The highest BCUT2D eigenvalue weighted by Crippen LogP contribution is 2.42. The molecule has 0 aromatic heterocycles. The van der Waals surface area contributed by atoms with Crippen molar-refractivity contribution in [3.8, 4) is 5.75 Å². The van der Waals surface area contributed by atoms with Crippen LogP contribution >= 0.6 is 0 Å². The van der Waals surface area contributed by atoms with Crippen LogP contribution in [0, 0.1) is 5.41 Å². The predicted octanol–water partition coefficient (Wildman–Crippen LogP) is 5.17. The Morgan fingerprint density at radius 1 is 0.903 bits per heavy atom. The Bertz CT molecular complexity index is 859. The molecule has 1 amide bonds. The number of carbonyl (C=O) groups is 1. The lowest BCUT2D eigenvalue weighted by Crippen LogP contribution is -2.48. The predicted molar refractivity (Wildman–Crippen MR) is 126 cm³/mol. The van der Waals surface area contributed by atoms with Gasteiger partial charge in [0.25, 0.3) is 5.91 Å². The lowest BCUT2D eigenvalue weighted by atomic mass is 9.71. The summed E-state index contributed by atoms with van der Waals surface area (Å²) in [6.45, 7) is 9.90. The van der Waals surface area contributed by atoms with Crippen LogP contribution in [-0.4, -0.2) is 48.5 Å². The lowest BCUT2D eigenvalue weighted by Gasteiger charge is -2.47. The number of ether oxygens (including phenoxy) is 1. The number of amides is 1. The number of benzene rings is 2. The number of likely N-dealkylation sites (tertiary alicyclic amines) is 2. The Hall–Kier alpha value is -2.33. The van der Waals surface area contributed by atoms with Gasteiger partial charge in [0.05, 0.1) is 6.61 Å². The quantitative estimate of drug-likeness (QED) is 0.647. The van der Waals surface area contributed by atoms with E-state index in [0.717, 1.165) is 63.3 Å². The van der Waals surface area contributed by atoms with Gasteiger partial charge in [0.1, 0.15) is 5.75 Å². The van der Waals surface area contributed by atoms with Crippen molar-refractivity contribution in [1.29, 1.82) is 0 Å². The maximum absolute atomic E-state index is 12.9. The maximum Gasteiger partial charge on any atom is 0.253 e. The van der Waals surface area contributed by atoms with E-state index < -0.39 is 0 Å². The fourth-order valence-corrected chi connectivity index (χ4v) is 5.11. The molecule has 2 aliphatic heterocycles. The lowest BCUT2D eigenvalue weighted by molar-refractivity contribution is 0.0283. The minimum atomic E-state index is 0.197. The average Bonchev–Trinajstić information content (AvgIpc) is 2.82. The van der Waals surface area contributed by atoms with Crippen LogP contribution in [0.25, 0.3) is 0 Å². The van der Waals surface area contributed by atoms with Crippen molar-refractivity contribution in [1.82, 2.24) is 9.80 Å². The molecule has 2 aliphatic rings. The minimum Gasteiger partial charge on any atom is -0.494 e. The molecule has 1 spiro atoms. The zero-order chi connectivity index (χ0) is 21.7. The molecule has 0 aliphatic carbocycles. The summed E-state index contributed by atoms with van der Waals surface area (Å²) in [5.41, 5.74) is 3.81. The van der Waals surface area contributed by atoms with Gasteiger partial charge in [-0.2, -0.15) is 0 Å². The van der Waals surface area contributed by atoms with Gasteiger partial charge in [-0.15, -0.1) is 0 Å². The summed E-state index contributed by atoms with van der Waals surface area (Å²) < 4.78 is 5.81. The van der Waals surface area contributed by atoms with Crippen molar-refractivity contribution in [3.63, 3.8) is 0 Å². The van der Waals surface area contributed by atoms with Gasteiger partial charge in [-0.3, -0.25) is 9.69 Å². The van der Waals surface area contributed by atoms with Crippen LogP contribution in [0.1, 0.15) is 61.0 Å². The van der Waals surface area contributed by atoms with Crippen molar-refractivity contribution in [3.05, 3.63) is 65.2 Å². The van der Waals surface area contributed by atoms with Crippen LogP contribution in [0.2, 0.25) is 0 Å². The zero-order valence-corrected chi connectivity index (χ0v) is 19.1. The minimum absolute atomic E-state index is 0.197. The number of piperidine rings is 2. The first-order valence-electron chi connectivity index (χ1n) is 11.9. The molecule has 4 rings (SSSR count). The molecule has 2 aromatic rings. The first kappa shape index (κ1) is 21.9. The molecule has 31 heavy (non-hydrogen) atoms. The molecule has 2 fully saturated rings. The topological polar surface area (TPSA) is 32.8 Å². The second kappa shape index (κ2) is 9.86. The molecule has 0 atom stereocenters. The van der Waals surface area contributed by atoms with Crippen molar-refractivity contribution >= 4 is 5.91 Å². The van der Waals surface area contributed by atoms with Gasteiger partial charge in [-0.1, -0.05) is 37.3 Å². The Labute approximate surface area is 187 Å². The maximum atomic E-state index is 12.9. The second-order valence-corrected chi connectivity index (χ2v) is 9.16. The first-order valence-corrected chi connectivity index (χ1v) is 11.9. The first-order chi connectivity index (χ1) is 15.1. The molecule has 0 N–H and O–H groups in total. The van der Waals surface area contributed by atoms with E-state index in [1.807, 2.05) is 25.1 Å². The van der Waals surface area contributed by atoms with Gasteiger partial charge >= 0.3 is 0 Å². The highest BCUT2D eigenvalue weighted by atomic mass is 16.5. The van der Waals surface area contributed by atoms with Crippen LogP contribution in [0.5, 0.6) is 5.75 Å². The van der Waals surface area contributed by atoms with Crippen LogP contribution in [-0.2, 0) is 13.0 Å². The van der Waals surface area contributed by atoms with Crippen molar-refractivity contribution in [2.75, 3.05) is 32.8 Å². The third-order valence-corrected chi connectivity index (χ3v) is 7.30. The Morgan fingerprint density at radius 3 is 2.19 bits per heavy atom. The Morgan fingerprint density at radius 2 is 1.55 bits per heavy atom. The zero-order valence-electron chi connectivity index (χ0n) is 19.1. The number of rotatable bonds is 6. The fraction of sp³-hybridized carbons (Fsp3) is 0.519. The van der Waals surface area contributed by atoms with Gasteiger partial charge in [0.15, 0.2) is 0 Å². The molecule has 166 valence electrons. The molecule has 4 heteroatoms. The van der Waals surface area contributed by atoms with Gasteiger partial charge in [0.2, 0.25) is 0 Å². The molecule has 4 nitrogen and oxygen atoms in total. The van der Waals surface area contributed by atoms with Gasteiger partial charge < -0.3 is 9.64 Å². The molecular weight excluding hydrogens is 384 g/mol. The normalized spacial score (nSPS) is 18.8. The van der Waals surface area contributed by atoms with E-state index in [1.165, 1.54) is 24.0 Å². The molecule has 2 heterocycles. The van der Waals surface area contributed by atoms with Crippen LogP contribution in [0.4, 0.5) is 0 Å². The van der Waals surface area contributed by atoms with Crippen molar-refractivity contribution in [2.24, 2.45) is 5.41 Å². The molecular formula is C27H36N2O2. The number of hydrogen-bond acceptors (Lipinski definition) is 3. The highest BCUT2D eigenvalue weighted by molar-refractivity contribution is 5.94. The molecule has 0 unspecified atom stereocenters. The standard InChI is InChI=1S/C27H36N2O2/c1-3-22-9-11-23(12-10-22)26(30)29-19-15-27(16-20-29)13-17-28(18-14-27)21-24-7-5-6-8-25(24)31-4-2/h5-12H,3-4,13-21H2,1-2H3. The summed E-state index contributed by atoms with van der Waals surface area (Å²) in [7, 11) is 0. The largest absolute Gasteiger partial charge is 0.494 e. The van der Waals surface area contributed by atoms with Crippen LogP contribution in [0.3, 0.4) is 0 Å². The van der Waals surface area contributed by atoms with E-state index in [0.29, 0.717) is 12.0 Å². The fourth-order valence-electron chi connectivity index (χ4n) is 5.11. The summed E-state index contributed by atoms with van der Waals surface area (Å²) in [5.74, 6) is 1.21. The summed E-state index contributed by atoms with van der Waals surface area (Å²) in [4.78, 5) is 17.5. The van der Waals surface area contributed by atoms with Crippen molar-refractivity contribution in [2.45, 2.75) is 52.5 Å². The van der Waals surface area contributed by atoms with E-state index in [9.17, 15) is 4.79 Å². The monoisotopic (exact) mass is 420 g/mol. The van der Waals surface area contributed by atoms with Gasteiger partial charge in [-0.05, 0) is 81.3 Å². The third kappa shape index (κ3) is 5.12. The summed E-state index contributed by atoms with van der Waals surface area (Å²) in [6, 6.07) is 16.6. The van der Waals surface area contributed by atoms with Crippen LogP contribution < -0.4 is 4.74 Å². The Balaban J connectivity index is 1.29. The molecule has 0 saturated carbocycles. The highest BCUT2D eigenvalue weighted by Gasteiger charge is 2.38. The number of hydrogen-bond donors (Lipinski definition) is 0.